The number of anilines is 1. The monoisotopic (exact) mass is 386 g/mol. The Balaban J connectivity index is 2.13. The van der Waals surface area contributed by atoms with Crippen molar-refractivity contribution < 1.29 is 4.39 Å². The number of benzene rings is 2. The molecule has 0 heterocycles. The molecule has 0 atom stereocenters. The van der Waals surface area contributed by atoms with Crippen LogP contribution in [0.15, 0.2) is 36.4 Å². The van der Waals surface area contributed by atoms with E-state index in [1.807, 2.05) is 12.1 Å². The summed E-state index contributed by atoms with van der Waals surface area (Å²) >= 11 is 8.16. The molecule has 0 aromatic heterocycles. The maximum Gasteiger partial charge on any atom is 0.124 e. The summed E-state index contributed by atoms with van der Waals surface area (Å²) in [6, 6.07) is 11.8. The van der Waals surface area contributed by atoms with Crippen LogP contribution in [0.4, 0.5) is 10.1 Å². The topological polar surface area (TPSA) is 35.8 Å². The van der Waals surface area contributed by atoms with Crippen LogP contribution < -0.4 is 5.32 Å². The van der Waals surface area contributed by atoms with E-state index in [1.54, 1.807) is 18.2 Å². The predicted octanol–water partition coefficient (Wildman–Crippen LogP) is 4.57. The van der Waals surface area contributed by atoms with E-state index in [0.29, 0.717) is 17.1 Å². The second kappa shape index (κ2) is 6.22. The zero-order valence-electron chi connectivity index (χ0n) is 9.75. The number of nitrogens with one attached hydrogen (secondary N) is 1. The molecule has 0 fully saturated rings. The standard InChI is InChI=1S/C14H9ClFIN2/c15-12-5-9(7-18)1-2-10(12)8-19-14-4-3-11(16)6-13(14)17/h1-6,19H,8H2. The van der Waals surface area contributed by atoms with Gasteiger partial charge in [0, 0.05) is 20.8 Å². The molecule has 0 unspecified atom stereocenters. The highest BCUT2D eigenvalue weighted by atomic mass is 127. The molecule has 96 valence electrons. The second-order valence-electron chi connectivity index (χ2n) is 3.90. The van der Waals surface area contributed by atoms with E-state index in [-0.39, 0.29) is 5.82 Å². The van der Waals surface area contributed by atoms with E-state index >= 15 is 0 Å². The Hall–Kier alpha value is -1.32. The van der Waals surface area contributed by atoms with Crippen molar-refractivity contribution in [1.29, 1.82) is 5.26 Å². The number of nitrogens with zero attached hydrogens (tertiary/aromatic N) is 1. The first-order valence-electron chi connectivity index (χ1n) is 5.47. The Morgan fingerprint density at radius 1 is 1.26 bits per heavy atom. The maximum absolute atomic E-state index is 13.0. The lowest BCUT2D eigenvalue weighted by molar-refractivity contribution is 0.627. The van der Waals surface area contributed by atoms with Crippen LogP contribution in [-0.2, 0) is 6.54 Å². The third-order valence-corrected chi connectivity index (χ3v) is 3.83. The highest BCUT2D eigenvalue weighted by Crippen LogP contribution is 2.22. The van der Waals surface area contributed by atoms with Gasteiger partial charge in [-0.3, -0.25) is 0 Å². The molecule has 2 nitrogen and oxygen atoms in total. The van der Waals surface area contributed by atoms with Crippen molar-refractivity contribution in [2.75, 3.05) is 5.32 Å². The van der Waals surface area contributed by atoms with Crippen LogP contribution in [0.3, 0.4) is 0 Å². The number of halogens is 3. The molecule has 19 heavy (non-hydrogen) atoms. The van der Waals surface area contributed by atoms with Crippen LogP contribution in [0.1, 0.15) is 11.1 Å². The minimum atomic E-state index is -0.258. The average Bonchev–Trinajstić information content (AvgIpc) is 2.39. The fraction of sp³-hybridized carbons (Fsp3) is 0.0714. The van der Waals surface area contributed by atoms with Gasteiger partial charge in [-0.15, -0.1) is 0 Å². The summed E-state index contributed by atoms with van der Waals surface area (Å²) in [4.78, 5) is 0. The van der Waals surface area contributed by atoms with Crippen molar-refractivity contribution in [3.63, 3.8) is 0 Å². The lowest BCUT2D eigenvalue weighted by Crippen LogP contribution is -2.02. The zero-order valence-corrected chi connectivity index (χ0v) is 12.7. The first-order chi connectivity index (χ1) is 9.10. The molecular weight excluding hydrogens is 378 g/mol. The van der Waals surface area contributed by atoms with Crippen LogP contribution in [0, 0.1) is 20.7 Å². The zero-order chi connectivity index (χ0) is 13.8. The van der Waals surface area contributed by atoms with Crippen molar-refractivity contribution in [2.45, 2.75) is 6.54 Å². The first kappa shape index (κ1) is 14.1. The van der Waals surface area contributed by atoms with Gasteiger partial charge < -0.3 is 5.32 Å². The molecule has 0 aliphatic rings. The fourth-order valence-corrected chi connectivity index (χ4v) is 2.50. The highest BCUT2D eigenvalue weighted by Gasteiger charge is 2.04. The molecule has 5 heteroatoms. The summed E-state index contributed by atoms with van der Waals surface area (Å²) in [6.45, 7) is 0.520. The van der Waals surface area contributed by atoms with Gasteiger partial charge in [-0.25, -0.2) is 4.39 Å². The molecule has 2 aromatic carbocycles. The van der Waals surface area contributed by atoms with Gasteiger partial charge in [0.2, 0.25) is 0 Å². The number of rotatable bonds is 3. The number of hydrogen-bond acceptors (Lipinski definition) is 2. The molecule has 0 saturated carbocycles. The molecule has 1 N–H and O–H groups in total. The van der Waals surface area contributed by atoms with Gasteiger partial charge in [0.15, 0.2) is 0 Å². The minimum absolute atomic E-state index is 0.258. The molecule has 2 aromatic rings. The third-order valence-electron chi connectivity index (χ3n) is 2.58. The summed E-state index contributed by atoms with van der Waals surface area (Å²) in [6.07, 6.45) is 0. The van der Waals surface area contributed by atoms with E-state index in [1.165, 1.54) is 12.1 Å². The van der Waals surface area contributed by atoms with Crippen molar-refractivity contribution in [3.05, 3.63) is 61.9 Å². The van der Waals surface area contributed by atoms with Gasteiger partial charge in [-0.05, 0) is 58.5 Å². The second-order valence-corrected chi connectivity index (χ2v) is 5.47. The lowest BCUT2D eigenvalue weighted by atomic mass is 10.1. The van der Waals surface area contributed by atoms with Gasteiger partial charge in [0.25, 0.3) is 0 Å². The SMILES string of the molecule is N#Cc1ccc(CNc2ccc(F)cc2I)c(Cl)c1. The Morgan fingerprint density at radius 3 is 2.68 bits per heavy atom. The third kappa shape index (κ3) is 3.58. The summed E-state index contributed by atoms with van der Waals surface area (Å²) in [5.41, 5.74) is 2.27. The van der Waals surface area contributed by atoms with Crippen molar-refractivity contribution in [1.82, 2.24) is 0 Å². The largest absolute Gasteiger partial charge is 0.380 e. The van der Waals surface area contributed by atoms with Crippen molar-refractivity contribution >= 4 is 39.9 Å². The molecule has 0 aliphatic heterocycles. The molecule has 0 amide bonds. The molecule has 0 saturated heterocycles. The molecule has 0 aliphatic carbocycles. The molecule has 0 radical (unpaired) electrons. The van der Waals surface area contributed by atoms with Crippen molar-refractivity contribution in [2.24, 2.45) is 0 Å². The van der Waals surface area contributed by atoms with Crippen LogP contribution in [0.25, 0.3) is 0 Å². The number of nitriles is 1. The quantitative estimate of drug-likeness (QED) is 0.785. The van der Waals surface area contributed by atoms with Crippen LogP contribution in [0.2, 0.25) is 5.02 Å². The lowest BCUT2D eigenvalue weighted by Gasteiger charge is -2.10. The van der Waals surface area contributed by atoms with Gasteiger partial charge in [-0.1, -0.05) is 17.7 Å². The highest BCUT2D eigenvalue weighted by molar-refractivity contribution is 14.1. The summed E-state index contributed by atoms with van der Waals surface area (Å²) in [5, 5.41) is 12.5. The van der Waals surface area contributed by atoms with Gasteiger partial charge in [0.05, 0.1) is 11.6 Å². The molecule has 0 spiro atoms. The van der Waals surface area contributed by atoms with Crippen molar-refractivity contribution in [3.8, 4) is 6.07 Å². The Kier molecular flexibility index (Phi) is 4.61. The molecule has 2 rings (SSSR count). The molecule has 0 bridgehead atoms. The van der Waals surface area contributed by atoms with E-state index in [0.717, 1.165) is 14.8 Å². The Morgan fingerprint density at radius 2 is 2.05 bits per heavy atom. The normalized spacial score (nSPS) is 10.0. The average molecular weight is 387 g/mol. The van der Waals surface area contributed by atoms with Gasteiger partial charge >= 0.3 is 0 Å². The predicted molar refractivity (Wildman–Crippen MR) is 82.6 cm³/mol. The number of hydrogen-bond donors (Lipinski definition) is 1. The van der Waals surface area contributed by atoms with Gasteiger partial charge in [0.1, 0.15) is 5.82 Å². The van der Waals surface area contributed by atoms with Gasteiger partial charge in [-0.2, -0.15) is 5.26 Å². The van der Waals surface area contributed by atoms with Crippen LogP contribution in [0.5, 0.6) is 0 Å². The molecular formula is C14H9ClFIN2. The Labute approximate surface area is 129 Å². The van der Waals surface area contributed by atoms with E-state index in [9.17, 15) is 4.39 Å². The van der Waals surface area contributed by atoms with Crippen LogP contribution >= 0.6 is 34.2 Å². The summed E-state index contributed by atoms with van der Waals surface area (Å²) in [7, 11) is 0. The summed E-state index contributed by atoms with van der Waals surface area (Å²) in [5.74, 6) is -0.258. The summed E-state index contributed by atoms with van der Waals surface area (Å²) < 4.78 is 13.8. The minimum Gasteiger partial charge on any atom is -0.380 e. The van der Waals surface area contributed by atoms with E-state index in [2.05, 4.69) is 27.9 Å². The maximum atomic E-state index is 13.0. The smallest absolute Gasteiger partial charge is 0.124 e. The Bertz CT molecular complexity index is 652. The van der Waals surface area contributed by atoms with E-state index in [4.69, 9.17) is 16.9 Å². The first-order valence-corrected chi connectivity index (χ1v) is 6.93. The van der Waals surface area contributed by atoms with Crippen LogP contribution in [-0.4, -0.2) is 0 Å². The van der Waals surface area contributed by atoms with E-state index < -0.39 is 0 Å². The fourth-order valence-electron chi connectivity index (χ4n) is 1.58.